The van der Waals surface area contributed by atoms with Crippen molar-refractivity contribution < 1.29 is 9.21 Å². The van der Waals surface area contributed by atoms with E-state index in [4.69, 9.17) is 4.42 Å². The lowest BCUT2D eigenvalue weighted by Crippen LogP contribution is -2.40. The van der Waals surface area contributed by atoms with E-state index in [1.54, 1.807) is 17.6 Å². The average Bonchev–Trinajstić information content (AvgIpc) is 3.54. The van der Waals surface area contributed by atoms with Gasteiger partial charge in [-0.3, -0.25) is 9.69 Å². The van der Waals surface area contributed by atoms with Gasteiger partial charge in [0.15, 0.2) is 11.0 Å². The summed E-state index contributed by atoms with van der Waals surface area (Å²) >= 11 is 3.07. The Balaban J connectivity index is 1.34. The van der Waals surface area contributed by atoms with Gasteiger partial charge in [0, 0.05) is 13.1 Å². The van der Waals surface area contributed by atoms with Crippen molar-refractivity contribution in [3.8, 4) is 10.7 Å². The number of piperidine rings is 1. The predicted molar refractivity (Wildman–Crippen MR) is 120 cm³/mol. The van der Waals surface area contributed by atoms with Crippen LogP contribution in [0.3, 0.4) is 0 Å². The molecule has 0 spiro atoms. The quantitative estimate of drug-likeness (QED) is 0.501. The maximum Gasteiger partial charge on any atom is 0.230 e. The zero-order valence-electron chi connectivity index (χ0n) is 17.1. The molecule has 4 heterocycles. The molecule has 4 rings (SSSR count). The zero-order valence-corrected chi connectivity index (χ0v) is 18.8. The van der Waals surface area contributed by atoms with Gasteiger partial charge in [0.2, 0.25) is 5.91 Å². The van der Waals surface area contributed by atoms with Crippen molar-refractivity contribution in [1.29, 1.82) is 0 Å². The average molecular weight is 446 g/mol. The fraction of sp³-hybridized carbons (Fsp3) is 0.476. The molecule has 3 aromatic rings. The number of hydrogen-bond donors (Lipinski definition) is 1. The lowest BCUT2D eigenvalue weighted by atomic mass is 10.1. The summed E-state index contributed by atoms with van der Waals surface area (Å²) in [4.78, 5) is 16.1. The first-order chi connectivity index (χ1) is 14.8. The van der Waals surface area contributed by atoms with E-state index in [2.05, 4.69) is 31.9 Å². The third-order valence-corrected chi connectivity index (χ3v) is 7.14. The molecule has 1 unspecified atom stereocenters. The van der Waals surface area contributed by atoms with Crippen LogP contribution in [0.1, 0.15) is 38.0 Å². The first kappa shape index (κ1) is 21.1. The van der Waals surface area contributed by atoms with Gasteiger partial charge < -0.3 is 14.3 Å². The van der Waals surface area contributed by atoms with Crippen LogP contribution in [0.2, 0.25) is 0 Å². The van der Waals surface area contributed by atoms with Gasteiger partial charge in [-0.25, -0.2) is 0 Å². The van der Waals surface area contributed by atoms with Gasteiger partial charge in [0.05, 0.1) is 22.9 Å². The number of aromatic nitrogens is 3. The van der Waals surface area contributed by atoms with Gasteiger partial charge in [-0.15, -0.1) is 21.5 Å². The lowest BCUT2D eigenvalue weighted by molar-refractivity contribution is -0.118. The Morgan fingerprint density at radius 1 is 1.27 bits per heavy atom. The fourth-order valence-electron chi connectivity index (χ4n) is 3.78. The van der Waals surface area contributed by atoms with Gasteiger partial charge in [-0.2, -0.15) is 0 Å². The molecule has 7 nitrogen and oxygen atoms in total. The molecule has 1 aliphatic rings. The van der Waals surface area contributed by atoms with Gasteiger partial charge in [0.1, 0.15) is 5.76 Å². The van der Waals surface area contributed by atoms with E-state index >= 15 is 0 Å². The van der Waals surface area contributed by atoms with Gasteiger partial charge in [-0.05, 0) is 56.4 Å². The Bertz CT molecular complexity index is 918. The Morgan fingerprint density at radius 3 is 2.83 bits per heavy atom. The Morgan fingerprint density at radius 2 is 2.13 bits per heavy atom. The SMILES string of the molecule is CCn1c(SCC(=O)NCC(c2ccco2)N2CCCCC2)nnc1-c1cccs1. The van der Waals surface area contributed by atoms with Crippen LogP contribution in [-0.4, -0.2) is 51.0 Å². The summed E-state index contributed by atoms with van der Waals surface area (Å²) in [6, 6.07) is 8.03. The van der Waals surface area contributed by atoms with Crippen molar-refractivity contribution in [1.82, 2.24) is 25.0 Å². The van der Waals surface area contributed by atoms with Crippen LogP contribution >= 0.6 is 23.1 Å². The number of hydrogen-bond acceptors (Lipinski definition) is 7. The highest BCUT2D eigenvalue weighted by Crippen LogP contribution is 2.27. The molecule has 0 saturated carbocycles. The summed E-state index contributed by atoms with van der Waals surface area (Å²) in [5, 5.41) is 14.5. The summed E-state index contributed by atoms with van der Waals surface area (Å²) in [6.07, 6.45) is 5.36. The molecule has 0 aliphatic carbocycles. The van der Waals surface area contributed by atoms with Crippen LogP contribution in [0.25, 0.3) is 10.7 Å². The number of nitrogens with zero attached hydrogens (tertiary/aromatic N) is 4. The third-order valence-electron chi connectivity index (χ3n) is 5.30. The number of likely N-dealkylation sites (tertiary alicyclic amines) is 1. The maximum atomic E-state index is 12.6. The molecule has 1 saturated heterocycles. The van der Waals surface area contributed by atoms with Crippen LogP contribution in [0, 0.1) is 0 Å². The first-order valence-corrected chi connectivity index (χ1v) is 12.3. The van der Waals surface area contributed by atoms with E-state index in [-0.39, 0.29) is 11.9 Å². The summed E-state index contributed by atoms with van der Waals surface area (Å²) in [6.45, 7) is 5.47. The monoisotopic (exact) mass is 445 g/mol. The van der Waals surface area contributed by atoms with Crippen LogP contribution in [-0.2, 0) is 11.3 Å². The molecular formula is C21H27N5O2S2. The minimum absolute atomic E-state index is 0.00288. The number of furan rings is 1. The highest BCUT2D eigenvalue weighted by atomic mass is 32.2. The highest BCUT2D eigenvalue weighted by molar-refractivity contribution is 7.99. The molecule has 160 valence electrons. The number of nitrogens with one attached hydrogen (secondary N) is 1. The van der Waals surface area contributed by atoms with E-state index in [1.807, 2.05) is 29.6 Å². The number of carbonyl (C=O) groups excluding carboxylic acids is 1. The molecule has 1 amide bonds. The van der Waals surface area contributed by atoms with Crippen molar-refractivity contribution in [2.75, 3.05) is 25.4 Å². The lowest BCUT2D eigenvalue weighted by Gasteiger charge is -2.33. The largest absolute Gasteiger partial charge is 0.468 e. The minimum atomic E-state index is -0.00288. The van der Waals surface area contributed by atoms with E-state index < -0.39 is 0 Å². The summed E-state index contributed by atoms with van der Waals surface area (Å²) in [5.74, 6) is 2.08. The first-order valence-electron chi connectivity index (χ1n) is 10.4. The number of rotatable bonds is 9. The molecule has 0 aromatic carbocycles. The van der Waals surface area contributed by atoms with E-state index in [9.17, 15) is 4.79 Å². The van der Waals surface area contributed by atoms with Crippen molar-refractivity contribution in [2.24, 2.45) is 0 Å². The van der Waals surface area contributed by atoms with Crippen LogP contribution in [0.15, 0.2) is 45.5 Å². The number of carbonyl (C=O) groups is 1. The second kappa shape index (κ2) is 10.3. The zero-order chi connectivity index (χ0) is 20.8. The number of amides is 1. The Kier molecular flexibility index (Phi) is 7.24. The molecular weight excluding hydrogens is 418 g/mol. The molecule has 0 bridgehead atoms. The van der Waals surface area contributed by atoms with Gasteiger partial charge in [0.25, 0.3) is 0 Å². The molecule has 9 heteroatoms. The summed E-state index contributed by atoms with van der Waals surface area (Å²) < 4.78 is 7.72. The van der Waals surface area contributed by atoms with E-state index in [0.29, 0.717) is 12.3 Å². The Labute approximate surface area is 184 Å². The predicted octanol–water partition coefficient (Wildman–Crippen LogP) is 4.06. The molecule has 1 fully saturated rings. The fourth-order valence-corrected chi connectivity index (χ4v) is 5.33. The highest BCUT2D eigenvalue weighted by Gasteiger charge is 2.25. The molecule has 1 aliphatic heterocycles. The second-order valence-electron chi connectivity index (χ2n) is 7.25. The smallest absolute Gasteiger partial charge is 0.230 e. The number of thioether (sulfide) groups is 1. The van der Waals surface area contributed by atoms with Gasteiger partial charge in [-0.1, -0.05) is 24.2 Å². The minimum Gasteiger partial charge on any atom is -0.468 e. The Hall–Kier alpha value is -2.10. The van der Waals surface area contributed by atoms with Crippen molar-refractivity contribution >= 4 is 29.0 Å². The standard InChI is InChI=1S/C21H27N5O2S2/c1-2-26-20(18-9-7-13-29-18)23-24-21(26)30-15-19(27)22-14-16(17-8-6-12-28-17)25-10-4-3-5-11-25/h6-9,12-13,16H,2-5,10-11,14-15H2,1H3,(H,22,27). The summed E-state index contributed by atoms with van der Waals surface area (Å²) in [7, 11) is 0. The van der Waals surface area contributed by atoms with Crippen molar-refractivity contribution in [3.05, 3.63) is 41.7 Å². The molecule has 30 heavy (non-hydrogen) atoms. The molecule has 1 N–H and O–H groups in total. The van der Waals surface area contributed by atoms with E-state index in [1.165, 1.54) is 31.0 Å². The topological polar surface area (TPSA) is 76.2 Å². The van der Waals surface area contributed by atoms with Crippen molar-refractivity contribution in [3.63, 3.8) is 0 Å². The maximum absolute atomic E-state index is 12.6. The van der Waals surface area contributed by atoms with Crippen LogP contribution in [0.5, 0.6) is 0 Å². The molecule has 1 atom stereocenters. The van der Waals surface area contributed by atoms with Crippen molar-refractivity contribution in [2.45, 2.75) is 43.9 Å². The normalized spacial score (nSPS) is 15.9. The molecule has 0 radical (unpaired) electrons. The number of thiophene rings is 1. The van der Waals surface area contributed by atoms with E-state index in [0.717, 1.165) is 41.3 Å². The second-order valence-corrected chi connectivity index (χ2v) is 9.14. The van der Waals surface area contributed by atoms with Crippen LogP contribution in [0.4, 0.5) is 0 Å². The summed E-state index contributed by atoms with van der Waals surface area (Å²) in [5.41, 5.74) is 0. The van der Waals surface area contributed by atoms with Gasteiger partial charge >= 0.3 is 0 Å². The molecule has 3 aromatic heterocycles. The third kappa shape index (κ3) is 4.96. The van der Waals surface area contributed by atoms with Crippen LogP contribution < -0.4 is 5.32 Å².